The van der Waals surface area contributed by atoms with Crippen molar-refractivity contribution in [2.45, 2.75) is 24.3 Å². The molecule has 1 rings (SSSR count). The Bertz CT molecular complexity index is 414. The summed E-state index contributed by atoms with van der Waals surface area (Å²) in [5.74, 6) is 0. The van der Waals surface area contributed by atoms with Crippen LogP contribution in [0.4, 0.5) is 0 Å². The van der Waals surface area contributed by atoms with E-state index < -0.39 is 10.1 Å². The summed E-state index contributed by atoms with van der Waals surface area (Å²) in [6.07, 6.45) is 0.618. The Morgan fingerprint density at radius 2 is 2.00 bits per heavy atom. The van der Waals surface area contributed by atoms with Crippen LogP contribution >= 0.6 is 0 Å². The Morgan fingerprint density at radius 1 is 1.43 bits per heavy atom. The average Bonchev–Trinajstić information content (AvgIpc) is 2.15. The second-order valence-corrected chi connectivity index (χ2v) is 4.42. The summed E-state index contributed by atoms with van der Waals surface area (Å²) in [4.78, 5) is -0.102. The van der Waals surface area contributed by atoms with E-state index in [0.717, 1.165) is 0 Å². The van der Waals surface area contributed by atoms with Crippen molar-refractivity contribution in [2.24, 2.45) is 5.73 Å². The highest BCUT2D eigenvalue weighted by Gasteiger charge is 2.17. The van der Waals surface area contributed by atoms with Crippen molar-refractivity contribution in [3.05, 3.63) is 29.8 Å². The Balaban J connectivity index is 3.30. The molecule has 0 aliphatic heterocycles. The summed E-state index contributed by atoms with van der Waals surface area (Å²) in [6, 6.07) is 5.83. The zero-order valence-corrected chi connectivity index (χ0v) is 8.66. The topological polar surface area (TPSA) is 80.4 Å². The largest absolute Gasteiger partial charge is 0.324 e. The summed E-state index contributed by atoms with van der Waals surface area (Å²) in [7, 11) is -4.17. The fourth-order valence-corrected chi connectivity index (χ4v) is 2.01. The highest BCUT2D eigenvalue weighted by atomic mass is 32.2. The van der Waals surface area contributed by atoms with E-state index in [4.69, 9.17) is 10.3 Å². The maximum Gasteiger partial charge on any atom is 0.294 e. The molecule has 1 aromatic carbocycles. The molecular formula is C9H13NO3S. The number of hydrogen-bond acceptors (Lipinski definition) is 3. The molecule has 0 spiro atoms. The van der Waals surface area contributed by atoms with Gasteiger partial charge in [-0.15, -0.1) is 0 Å². The van der Waals surface area contributed by atoms with Crippen molar-refractivity contribution < 1.29 is 13.0 Å². The van der Waals surface area contributed by atoms with E-state index >= 15 is 0 Å². The third-order valence-electron chi connectivity index (χ3n) is 2.04. The van der Waals surface area contributed by atoms with Crippen LogP contribution in [0.25, 0.3) is 0 Å². The van der Waals surface area contributed by atoms with E-state index in [9.17, 15) is 8.42 Å². The van der Waals surface area contributed by atoms with Crippen LogP contribution in [-0.4, -0.2) is 13.0 Å². The first-order valence-corrected chi connectivity index (χ1v) is 5.72. The monoisotopic (exact) mass is 215 g/mol. The van der Waals surface area contributed by atoms with Gasteiger partial charge in [-0.3, -0.25) is 4.55 Å². The van der Waals surface area contributed by atoms with E-state index in [0.29, 0.717) is 12.0 Å². The molecule has 0 fully saturated rings. The minimum atomic E-state index is -4.17. The van der Waals surface area contributed by atoms with Crippen molar-refractivity contribution in [3.63, 3.8) is 0 Å². The van der Waals surface area contributed by atoms with Gasteiger partial charge in [-0.1, -0.05) is 25.1 Å². The third kappa shape index (κ3) is 2.31. The Kier molecular flexibility index (Phi) is 3.25. The van der Waals surface area contributed by atoms with Crippen molar-refractivity contribution >= 4 is 10.1 Å². The predicted octanol–water partition coefficient (Wildman–Crippen LogP) is 1.34. The molecule has 0 aromatic heterocycles. The molecule has 3 N–H and O–H groups in total. The highest BCUT2D eigenvalue weighted by molar-refractivity contribution is 7.85. The molecule has 1 unspecified atom stereocenters. The highest BCUT2D eigenvalue weighted by Crippen LogP contribution is 2.22. The smallest absolute Gasteiger partial charge is 0.294 e. The molecule has 0 saturated heterocycles. The lowest BCUT2D eigenvalue weighted by Crippen LogP contribution is -2.13. The molecule has 0 amide bonds. The van der Waals surface area contributed by atoms with Crippen molar-refractivity contribution in [1.82, 2.24) is 0 Å². The van der Waals surface area contributed by atoms with E-state index in [1.165, 1.54) is 6.07 Å². The maximum atomic E-state index is 11.0. The van der Waals surface area contributed by atoms with Crippen molar-refractivity contribution in [2.75, 3.05) is 0 Å². The quantitative estimate of drug-likeness (QED) is 0.746. The lowest BCUT2D eigenvalue weighted by molar-refractivity contribution is 0.480. The molecule has 0 saturated carbocycles. The van der Waals surface area contributed by atoms with Crippen molar-refractivity contribution in [3.8, 4) is 0 Å². The molecule has 14 heavy (non-hydrogen) atoms. The third-order valence-corrected chi connectivity index (χ3v) is 2.96. The normalized spacial score (nSPS) is 13.9. The molecule has 0 aliphatic rings. The molecule has 1 atom stereocenters. The fraction of sp³-hybridized carbons (Fsp3) is 0.333. The molecule has 0 bridgehead atoms. The van der Waals surface area contributed by atoms with Crippen LogP contribution in [0.3, 0.4) is 0 Å². The van der Waals surface area contributed by atoms with E-state index in [1.54, 1.807) is 18.2 Å². The van der Waals surface area contributed by atoms with Gasteiger partial charge < -0.3 is 5.73 Å². The molecular weight excluding hydrogens is 202 g/mol. The molecule has 0 aliphatic carbocycles. The van der Waals surface area contributed by atoms with E-state index in [-0.39, 0.29) is 10.9 Å². The Morgan fingerprint density at radius 3 is 2.50 bits per heavy atom. The Hall–Kier alpha value is -0.910. The number of benzene rings is 1. The van der Waals surface area contributed by atoms with Gasteiger partial charge in [-0.05, 0) is 18.1 Å². The van der Waals surface area contributed by atoms with E-state index in [1.807, 2.05) is 6.92 Å². The van der Waals surface area contributed by atoms with Gasteiger partial charge in [0.25, 0.3) is 10.1 Å². The molecule has 0 radical (unpaired) electrons. The molecule has 4 nitrogen and oxygen atoms in total. The molecule has 1 aromatic rings. The predicted molar refractivity (Wildman–Crippen MR) is 53.5 cm³/mol. The second-order valence-electron chi connectivity index (χ2n) is 3.03. The summed E-state index contributed by atoms with van der Waals surface area (Å²) in [5, 5.41) is 0. The average molecular weight is 215 g/mol. The van der Waals surface area contributed by atoms with Gasteiger partial charge in [0.1, 0.15) is 0 Å². The van der Waals surface area contributed by atoms with Crippen LogP contribution < -0.4 is 5.73 Å². The SMILES string of the molecule is CCC(N)c1ccccc1S(=O)(=O)O. The van der Waals surface area contributed by atoms with Crippen LogP contribution in [0.15, 0.2) is 29.2 Å². The van der Waals surface area contributed by atoms with Crippen LogP contribution in [0.1, 0.15) is 24.9 Å². The van der Waals surface area contributed by atoms with Crippen LogP contribution in [0.5, 0.6) is 0 Å². The van der Waals surface area contributed by atoms with Gasteiger partial charge in [0.05, 0.1) is 4.90 Å². The maximum absolute atomic E-state index is 11.0. The van der Waals surface area contributed by atoms with Gasteiger partial charge in [-0.25, -0.2) is 0 Å². The minimum Gasteiger partial charge on any atom is -0.324 e. The zero-order valence-electron chi connectivity index (χ0n) is 7.84. The summed E-state index contributed by atoms with van der Waals surface area (Å²) >= 11 is 0. The van der Waals surface area contributed by atoms with Gasteiger partial charge >= 0.3 is 0 Å². The second kappa shape index (κ2) is 4.08. The standard InChI is InChI=1S/C9H13NO3S/c1-2-8(10)7-5-3-4-6-9(7)14(11,12)13/h3-6,8H,2,10H2,1H3,(H,11,12,13). The number of hydrogen-bond donors (Lipinski definition) is 2. The van der Waals surface area contributed by atoms with Gasteiger partial charge in [-0.2, -0.15) is 8.42 Å². The van der Waals surface area contributed by atoms with Crippen LogP contribution in [0.2, 0.25) is 0 Å². The first-order valence-electron chi connectivity index (χ1n) is 4.28. The minimum absolute atomic E-state index is 0.102. The van der Waals surface area contributed by atoms with Gasteiger partial charge in [0, 0.05) is 6.04 Å². The first kappa shape index (κ1) is 11.2. The summed E-state index contributed by atoms with van der Waals surface area (Å²) in [6.45, 7) is 1.85. The summed E-state index contributed by atoms with van der Waals surface area (Å²) < 4.78 is 30.9. The fourth-order valence-electron chi connectivity index (χ4n) is 1.24. The van der Waals surface area contributed by atoms with Gasteiger partial charge in [0.15, 0.2) is 0 Å². The first-order chi connectivity index (χ1) is 6.46. The summed E-state index contributed by atoms with van der Waals surface area (Å²) in [5.41, 5.74) is 6.17. The molecule has 78 valence electrons. The molecule has 5 heteroatoms. The lowest BCUT2D eigenvalue weighted by atomic mass is 10.1. The lowest BCUT2D eigenvalue weighted by Gasteiger charge is -2.12. The van der Waals surface area contributed by atoms with Gasteiger partial charge in [0.2, 0.25) is 0 Å². The van der Waals surface area contributed by atoms with Crippen LogP contribution in [0, 0.1) is 0 Å². The van der Waals surface area contributed by atoms with Crippen LogP contribution in [-0.2, 0) is 10.1 Å². The number of rotatable bonds is 3. The molecule has 0 heterocycles. The number of nitrogens with two attached hydrogens (primary N) is 1. The van der Waals surface area contributed by atoms with Crippen molar-refractivity contribution in [1.29, 1.82) is 0 Å². The van der Waals surface area contributed by atoms with E-state index in [2.05, 4.69) is 0 Å². The Labute approximate surface area is 83.5 Å². The zero-order chi connectivity index (χ0) is 10.8.